The second kappa shape index (κ2) is 10.9. The molecular formula is C25H24ClF2N5O5S. The van der Waals surface area contributed by atoms with E-state index < -0.39 is 32.2 Å². The van der Waals surface area contributed by atoms with Gasteiger partial charge in [0, 0.05) is 23.6 Å². The van der Waals surface area contributed by atoms with Gasteiger partial charge in [-0.2, -0.15) is 5.10 Å². The van der Waals surface area contributed by atoms with Gasteiger partial charge in [0.05, 0.1) is 35.9 Å². The van der Waals surface area contributed by atoms with E-state index in [4.69, 9.17) is 25.8 Å². The van der Waals surface area contributed by atoms with E-state index in [2.05, 4.69) is 19.8 Å². The Morgan fingerprint density at radius 2 is 2.03 bits per heavy atom. The Balaban J connectivity index is 1.38. The minimum atomic E-state index is -4.46. The van der Waals surface area contributed by atoms with Crippen molar-refractivity contribution in [1.29, 1.82) is 0 Å². The molecule has 3 aromatic heterocycles. The smallest absolute Gasteiger partial charge is 0.267 e. The summed E-state index contributed by atoms with van der Waals surface area (Å²) in [5, 5.41) is 5.36. The summed E-state index contributed by atoms with van der Waals surface area (Å²) in [5.74, 6) is -1.87. The molecule has 206 valence electrons. The van der Waals surface area contributed by atoms with Gasteiger partial charge in [0.15, 0.2) is 22.6 Å². The van der Waals surface area contributed by atoms with Crippen LogP contribution in [0.25, 0.3) is 11.0 Å². The lowest BCUT2D eigenvalue weighted by Gasteiger charge is -2.23. The van der Waals surface area contributed by atoms with Crippen LogP contribution in [-0.4, -0.2) is 41.9 Å². The average Bonchev–Trinajstić information content (AvgIpc) is 3.26. The van der Waals surface area contributed by atoms with Gasteiger partial charge in [-0.25, -0.2) is 31.8 Å². The first-order chi connectivity index (χ1) is 18.7. The predicted octanol–water partition coefficient (Wildman–Crippen LogP) is 5.15. The van der Waals surface area contributed by atoms with Gasteiger partial charge in [-0.3, -0.25) is 4.72 Å². The minimum Gasteiger partial charge on any atom is -0.487 e. The van der Waals surface area contributed by atoms with Crippen LogP contribution >= 0.6 is 11.6 Å². The van der Waals surface area contributed by atoms with Gasteiger partial charge in [0.1, 0.15) is 18.2 Å². The number of halogens is 3. The van der Waals surface area contributed by atoms with Crippen molar-refractivity contribution in [3.8, 4) is 11.6 Å². The number of aryl methyl sites for hydroxylation is 1. The van der Waals surface area contributed by atoms with E-state index in [0.717, 1.165) is 48.7 Å². The molecular weight excluding hydrogens is 556 g/mol. The van der Waals surface area contributed by atoms with Crippen molar-refractivity contribution < 1.29 is 31.4 Å². The number of pyridine rings is 2. The third kappa shape index (κ3) is 5.47. The summed E-state index contributed by atoms with van der Waals surface area (Å²) >= 11 is 6.21. The molecule has 14 heteroatoms. The number of methoxy groups -OCH3 is 1. The molecule has 1 aliphatic rings. The number of nitrogens with one attached hydrogen (secondary N) is 1. The summed E-state index contributed by atoms with van der Waals surface area (Å²) < 4.78 is 75.3. The molecule has 0 saturated carbocycles. The SMILES string of the molecule is COc1ncc(F)cc1S(=O)(=O)Nc1ccc(Cl)c(COc2cnc3c(c2)c(C)nn3C2CCCCO2)c1F. The van der Waals surface area contributed by atoms with Crippen molar-refractivity contribution >= 4 is 38.3 Å². The van der Waals surface area contributed by atoms with Gasteiger partial charge in [-0.1, -0.05) is 11.6 Å². The topological polar surface area (TPSA) is 117 Å². The Hall–Kier alpha value is -3.55. The molecule has 1 aromatic carbocycles. The van der Waals surface area contributed by atoms with E-state index in [9.17, 15) is 12.8 Å². The van der Waals surface area contributed by atoms with Gasteiger partial charge >= 0.3 is 0 Å². The van der Waals surface area contributed by atoms with Crippen LogP contribution in [0.1, 0.15) is 36.7 Å². The van der Waals surface area contributed by atoms with E-state index in [1.807, 2.05) is 6.92 Å². The highest BCUT2D eigenvalue weighted by atomic mass is 35.5. The number of hydrogen-bond donors (Lipinski definition) is 1. The number of benzene rings is 1. The highest BCUT2D eigenvalue weighted by Gasteiger charge is 2.25. The fourth-order valence-corrected chi connectivity index (χ4v) is 5.66. The average molecular weight is 580 g/mol. The van der Waals surface area contributed by atoms with Crippen molar-refractivity contribution in [1.82, 2.24) is 19.7 Å². The molecule has 10 nitrogen and oxygen atoms in total. The second-order valence-electron chi connectivity index (χ2n) is 8.84. The fourth-order valence-electron chi connectivity index (χ4n) is 4.26. The minimum absolute atomic E-state index is 0.0212. The number of fused-ring (bicyclic) bond motifs is 1. The first-order valence-corrected chi connectivity index (χ1v) is 13.8. The predicted molar refractivity (Wildman–Crippen MR) is 138 cm³/mol. The van der Waals surface area contributed by atoms with Crippen molar-refractivity contribution in [3.05, 3.63) is 64.6 Å². The maximum Gasteiger partial charge on any atom is 0.267 e. The standard InChI is InChI=1S/C25H24ClF2N5O5S/c1-14-17-10-16(12-29-24(17)33(31-14)22-5-3-4-8-37-22)38-13-18-19(26)6-7-20(23(18)28)32-39(34,35)21-9-15(27)11-30-25(21)36-2/h6-7,9-12,22,32H,3-5,8,13H2,1-2H3. The maximum atomic E-state index is 15.4. The zero-order valence-corrected chi connectivity index (χ0v) is 22.5. The lowest BCUT2D eigenvalue weighted by molar-refractivity contribution is -0.0371. The normalized spacial score (nSPS) is 15.9. The Kier molecular flexibility index (Phi) is 7.56. The molecule has 0 aliphatic carbocycles. The molecule has 1 N–H and O–H groups in total. The van der Waals surface area contributed by atoms with Gasteiger partial charge in [0.2, 0.25) is 5.88 Å². The summed E-state index contributed by atoms with van der Waals surface area (Å²) in [6.07, 6.45) is 5.01. The molecule has 39 heavy (non-hydrogen) atoms. The first-order valence-electron chi connectivity index (χ1n) is 12.0. The number of ether oxygens (including phenoxy) is 3. The molecule has 1 atom stereocenters. The van der Waals surface area contributed by atoms with Crippen LogP contribution in [-0.2, 0) is 21.4 Å². The Morgan fingerprint density at radius 1 is 1.21 bits per heavy atom. The quantitative estimate of drug-likeness (QED) is 0.304. The van der Waals surface area contributed by atoms with E-state index in [-0.39, 0.29) is 29.3 Å². The Morgan fingerprint density at radius 3 is 2.77 bits per heavy atom. The van der Waals surface area contributed by atoms with Crippen molar-refractivity contribution in [3.63, 3.8) is 0 Å². The number of anilines is 1. The molecule has 0 radical (unpaired) electrons. The van der Waals surface area contributed by atoms with Gasteiger partial charge in [0.25, 0.3) is 10.0 Å². The second-order valence-corrected chi connectivity index (χ2v) is 10.9. The van der Waals surface area contributed by atoms with E-state index in [0.29, 0.717) is 18.0 Å². The van der Waals surface area contributed by atoms with Crippen LogP contribution in [0.2, 0.25) is 5.02 Å². The molecule has 4 aromatic rings. The van der Waals surface area contributed by atoms with Crippen molar-refractivity contribution in [2.75, 3.05) is 18.4 Å². The molecule has 0 spiro atoms. The number of sulfonamides is 1. The van der Waals surface area contributed by atoms with Crippen LogP contribution in [0.15, 0.2) is 41.6 Å². The van der Waals surface area contributed by atoms with Crippen molar-refractivity contribution in [2.24, 2.45) is 0 Å². The molecule has 1 saturated heterocycles. The van der Waals surface area contributed by atoms with E-state index in [1.165, 1.54) is 19.4 Å². The van der Waals surface area contributed by atoms with Gasteiger partial charge in [-0.05, 0) is 44.4 Å². The molecule has 5 rings (SSSR count). The molecule has 0 bridgehead atoms. The largest absolute Gasteiger partial charge is 0.487 e. The number of aromatic nitrogens is 4. The molecule has 0 amide bonds. The van der Waals surface area contributed by atoms with Gasteiger partial charge < -0.3 is 14.2 Å². The molecule has 1 fully saturated rings. The highest BCUT2D eigenvalue weighted by molar-refractivity contribution is 7.92. The lowest BCUT2D eigenvalue weighted by atomic mass is 10.2. The summed E-state index contributed by atoms with van der Waals surface area (Å²) in [4.78, 5) is 7.50. The maximum absolute atomic E-state index is 15.4. The van der Waals surface area contributed by atoms with E-state index in [1.54, 1.807) is 10.7 Å². The van der Waals surface area contributed by atoms with Crippen molar-refractivity contribution in [2.45, 2.75) is 43.9 Å². The summed E-state index contributed by atoms with van der Waals surface area (Å²) in [6.45, 7) is 2.19. The fraction of sp³-hybridized carbons (Fsp3) is 0.320. The van der Waals surface area contributed by atoms with Crippen LogP contribution in [0.5, 0.6) is 11.6 Å². The Bertz CT molecular complexity index is 1640. The van der Waals surface area contributed by atoms with Gasteiger partial charge in [-0.15, -0.1) is 0 Å². The van der Waals surface area contributed by atoms with Crippen LogP contribution in [0, 0.1) is 18.6 Å². The zero-order valence-electron chi connectivity index (χ0n) is 20.9. The van der Waals surface area contributed by atoms with E-state index >= 15 is 4.39 Å². The Labute approximate surface area is 227 Å². The zero-order chi connectivity index (χ0) is 27.7. The molecule has 1 aliphatic heterocycles. The van der Waals surface area contributed by atoms with Crippen LogP contribution in [0.3, 0.4) is 0 Å². The number of rotatable bonds is 8. The molecule has 1 unspecified atom stereocenters. The number of nitrogens with zero attached hydrogens (tertiary/aromatic N) is 4. The number of hydrogen-bond acceptors (Lipinski definition) is 8. The van der Waals surface area contributed by atoms with Crippen LogP contribution < -0.4 is 14.2 Å². The summed E-state index contributed by atoms with van der Waals surface area (Å²) in [5.41, 5.74) is 0.876. The lowest BCUT2D eigenvalue weighted by Crippen LogP contribution is -2.19. The molecule has 4 heterocycles. The third-order valence-electron chi connectivity index (χ3n) is 6.22. The third-order valence-corrected chi connectivity index (χ3v) is 7.93. The first kappa shape index (κ1) is 27.0. The monoisotopic (exact) mass is 579 g/mol. The summed E-state index contributed by atoms with van der Waals surface area (Å²) in [7, 11) is -3.28. The summed E-state index contributed by atoms with van der Waals surface area (Å²) in [6, 6.07) is 4.93. The van der Waals surface area contributed by atoms with Crippen LogP contribution in [0.4, 0.5) is 14.5 Å². The highest BCUT2D eigenvalue weighted by Crippen LogP contribution is 2.32.